The maximum Gasteiger partial charge on any atom is 0.167 e. The van der Waals surface area contributed by atoms with E-state index in [-0.39, 0.29) is 13.2 Å². The fraction of sp³-hybridized carbons (Fsp3) is 0.250. The maximum atomic E-state index is 9.42. The lowest BCUT2D eigenvalue weighted by Gasteiger charge is -2.15. The third kappa shape index (κ3) is 3.82. The molecule has 2 rings (SSSR count). The van der Waals surface area contributed by atoms with E-state index in [9.17, 15) is 5.11 Å². The molecule has 0 unspecified atom stereocenters. The van der Waals surface area contributed by atoms with Gasteiger partial charge in [-0.25, -0.2) is 0 Å². The van der Waals surface area contributed by atoms with Gasteiger partial charge < -0.3 is 14.6 Å². The van der Waals surface area contributed by atoms with Gasteiger partial charge in [-0.2, -0.15) is 0 Å². The average molecular weight is 327 g/mol. The molecule has 0 aromatic heterocycles. The number of hydrogen-bond donors (Lipinski definition) is 1. The van der Waals surface area contributed by atoms with E-state index < -0.39 is 0 Å². The van der Waals surface area contributed by atoms with Gasteiger partial charge in [-0.3, -0.25) is 0 Å². The molecule has 0 aliphatic heterocycles. The van der Waals surface area contributed by atoms with Gasteiger partial charge >= 0.3 is 0 Å². The van der Waals surface area contributed by atoms with Gasteiger partial charge in [-0.15, -0.1) is 0 Å². The molecule has 3 nitrogen and oxygen atoms in total. The highest BCUT2D eigenvalue weighted by Crippen LogP contribution is 2.33. The van der Waals surface area contributed by atoms with Crippen LogP contribution in [0.2, 0.25) is 10.0 Å². The number of hydrogen-bond acceptors (Lipinski definition) is 3. The van der Waals surface area contributed by atoms with E-state index in [2.05, 4.69) is 0 Å². The summed E-state index contributed by atoms with van der Waals surface area (Å²) in [5, 5.41) is 10.4. The molecule has 1 N–H and O–H groups in total. The molecule has 0 bridgehead atoms. The molecular formula is C16H16Cl2O3. The van der Waals surface area contributed by atoms with Crippen LogP contribution in [-0.4, -0.2) is 11.7 Å². The molecule has 0 saturated heterocycles. The van der Waals surface area contributed by atoms with Gasteiger partial charge in [0.25, 0.3) is 0 Å². The smallest absolute Gasteiger partial charge is 0.167 e. The Hall–Kier alpha value is -1.42. The largest absolute Gasteiger partial charge is 0.490 e. The Bertz CT molecular complexity index is 614. The van der Waals surface area contributed by atoms with Gasteiger partial charge in [0, 0.05) is 11.1 Å². The van der Waals surface area contributed by atoms with Crippen molar-refractivity contribution in [2.75, 3.05) is 6.61 Å². The minimum Gasteiger partial charge on any atom is -0.490 e. The number of rotatable bonds is 6. The van der Waals surface area contributed by atoms with E-state index in [1.165, 1.54) is 0 Å². The Balaban J connectivity index is 2.24. The topological polar surface area (TPSA) is 38.7 Å². The van der Waals surface area contributed by atoms with Gasteiger partial charge in [0.15, 0.2) is 11.5 Å². The van der Waals surface area contributed by atoms with Crippen LogP contribution in [0, 0.1) is 0 Å². The third-order valence-corrected chi connectivity index (χ3v) is 3.79. The SMILES string of the molecule is CCOc1cccc(CO)c1OCc1cccc(Cl)c1Cl. The second-order valence-corrected chi connectivity index (χ2v) is 5.12. The standard InChI is InChI=1S/C16H16Cl2O3/c1-2-20-14-8-4-5-11(9-19)16(14)21-10-12-6-3-7-13(17)15(12)18/h3-8,19H,2,9-10H2,1H3. The monoisotopic (exact) mass is 326 g/mol. The van der Waals surface area contributed by atoms with Crippen molar-refractivity contribution in [2.45, 2.75) is 20.1 Å². The van der Waals surface area contributed by atoms with Crippen LogP contribution in [0.4, 0.5) is 0 Å². The fourth-order valence-electron chi connectivity index (χ4n) is 1.93. The van der Waals surface area contributed by atoms with Crippen LogP contribution < -0.4 is 9.47 Å². The van der Waals surface area contributed by atoms with E-state index >= 15 is 0 Å². The number of aliphatic hydroxyl groups is 1. The molecule has 0 aliphatic carbocycles. The van der Waals surface area contributed by atoms with Gasteiger partial charge in [-0.1, -0.05) is 47.5 Å². The first-order chi connectivity index (χ1) is 10.2. The summed E-state index contributed by atoms with van der Waals surface area (Å²) in [5.74, 6) is 1.13. The van der Waals surface area contributed by atoms with Crippen molar-refractivity contribution in [2.24, 2.45) is 0 Å². The molecule has 0 saturated carbocycles. The molecule has 2 aromatic rings. The minimum absolute atomic E-state index is 0.125. The maximum absolute atomic E-state index is 9.42. The van der Waals surface area contributed by atoms with Crippen LogP contribution in [0.5, 0.6) is 11.5 Å². The molecule has 0 amide bonds. The number of ether oxygens (including phenoxy) is 2. The lowest BCUT2D eigenvalue weighted by Crippen LogP contribution is -2.03. The first-order valence-electron chi connectivity index (χ1n) is 6.58. The fourth-order valence-corrected chi connectivity index (χ4v) is 2.30. The average Bonchev–Trinajstić information content (AvgIpc) is 2.49. The summed E-state index contributed by atoms with van der Waals surface area (Å²) in [6.45, 7) is 2.53. The van der Waals surface area contributed by atoms with Crippen molar-refractivity contribution in [3.05, 3.63) is 57.6 Å². The molecule has 0 fully saturated rings. The summed E-state index contributed by atoms with van der Waals surface area (Å²) >= 11 is 12.1. The first-order valence-corrected chi connectivity index (χ1v) is 7.34. The highest BCUT2D eigenvalue weighted by Gasteiger charge is 2.12. The number of aliphatic hydroxyl groups excluding tert-OH is 1. The second kappa shape index (κ2) is 7.55. The van der Waals surface area contributed by atoms with Gasteiger partial charge in [-0.05, 0) is 19.1 Å². The van der Waals surface area contributed by atoms with Crippen LogP contribution in [0.15, 0.2) is 36.4 Å². The van der Waals surface area contributed by atoms with Crippen molar-refractivity contribution in [1.82, 2.24) is 0 Å². The Labute approximate surface area is 134 Å². The molecule has 0 aliphatic rings. The number of benzene rings is 2. The summed E-state index contributed by atoms with van der Waals surface area (Å²) in [6.07, 6.45) is 0. The quantitative estimate of drug-likeness (QED) is 0.851. The van der Waals surface area contributed by atoms with Crippen LogP contribution >= 0.6 is 23.2 Å². The second-order valence-electron chi connectivity index (χ2n) is 4.34. The summed E-state index contributed by atoms with van der Waals surface area (Å²) in [4.78, 5) is 0. The van der Waals surface area contributed by atoms with E-state index in [4.69, 9.17) is 32.7 Å². The van der Waals surface area contributed by atoms with Crippen molar-refractivity contribution in [1.29, 1.82) is 0 Å². The van der Waals surface area contributed by atoms with Gasteiger partial charge in [0.2, 0.25) is 0 Å². The van der Waals surface area contributed by atoms with Crippen molar-refractivity contribution >= 4 is 23.2 Å². The lowest BCUT2D eigenvalue weighted by molar-refractivity contribution is 0.243. The van der Waals surface area contributed by atoms with Gasteiger partial charge in [0.05, 0.1) is 23.3 Å². The lowest BCUT2D eigenvalue weighted by atomic mass is 10.2. The van der Waals surface area contributed by atoms with Crippen LogP contribution in [0.25, 0.3) is 0 Å². The summed E-state index contributed by atoms with van der Waals surface area (Å²) in [6, 6.07) is 10.8. The predicted octanol–water partition coefficient (Wildman–Crippen LogP) is 4.46. The molecule has 21 heavy (non-hydrogen) atoms. The Morgan fingerprint density at radius 1 is 1.00 bits per heavy atom. The molecule has 0 spiro atoms. The summed E-state index contributed by atoms with van der Waals surface area (Å²) in [5.41, 5.74) is 1.44. The highest BCUT2D eigenvalue weighted by atomic mass is 35.5. The number of halogens is 2. The van der Waals surface area contributed by atoms with Crippen LogP contribution in [0.1, 0.15) is 18.1 Å². The first kappa shape index (κ1) is 16.0. The zero-order valence-corrected chi connectivity index (χ0v) is 13.1. The van der Waals surface area contributed by atoms with E-state index in [1.54, 1.807) is 18.2 Å². The molecule has 5 heteroatoms. The normalized spacial score (nSPS) is 10.5. The van der Waals surface area contributed by atoms with E-state index in [0.717, 1.165) is 5.56 Å². The molecular weight excluding hydrogens is 311 g/mol. The summed E-state index contributed by atoms with van der Waals surface area (Å²) in [7, 11) is 0. The number of para-hydroxylation sites is 1. The Morgan fingerprint density at radius 2 is 1.71 bits per heavy atom. The molecule has 0 atom stereocenters. The molecule has 112 valence electrons. The van der Waals surface area contributed by atoms with Crippen molar-refractivity contribution in [3.63, 3.8) is 0 Å². The van der Waals surface area contributed by atoms with Crippen molar-refractivity contribution < 1.29 is 14.6 Å². The zero-order valence-electron chi connectivity index (χ0n) is 11.6. The molecule has 0 radical (unpaired) electrons. The minimum atomic E-state index is -0.125. The third-order valence-electron chi connectivity index (χ3n) is 2.93. The molecule has 0 heterocycles. The zero-order chi connectivity index (χ0) is 15.2. The Kier molecular flexibility index (Phi) is 5.74. The van der Waals surface area contributed by atoms with E-state index in [1.807, 2.05) is 25.1 Å². The Morgan fingerprint density at radius 3 is 2.43 bits per heavy atom. The summed E-state index contributed by atoms with van der Waals surface area (Å²) < 4.78 is 11.3. The van der Waals surface area contributed by atoms with E-state index in [0.29, 0.717) is 33.7 Å². The highest BCUT2D eigenvalue weighted by molar-refractivity contribution is 6.42. The van der Waals surface area contributed by atoms with Crippen LogP contribution in [0.3, 0.4) is 0 Å². The van der Waals surface area contributed by atoms with Gasteiger partial charge in [0.1, 0.15) is 6.61 Å². The van der Waals surface area contributed by atoms with Crippen molar-refractivity contribution in [3.8, 4) is 11.5 Å². The van der Waals surface area contributed by atoms with Crippen LogP contribution in [-0.2, 0) is 13.2 Å². The predicted molar refractivity (Wildman–Crippen MR) is 84.3 cm³/mol. The molecule has 2 aromatic carbocycles.